The first-order valence-corrected chi connectivity index (χ1v) is 9.66. The molecule has 0 spiro atoms. The SMILES string of the molecule is COc1ccc2c(c1)[C@H](NC(=O)c1ccc(Cn3ccnc3)cc1)CC(C)(C)O2. The smallest absolute Gasteiger partial charge is 0.251 e. The van der Waals surface area contributed by atoms with E-state index in [9.17, 15) is 4.79 Å². The molecule has 0 bridgehead atoms. The monoisotopic (exact) mass is 391 g/mol. The highest BCUT2D eigenvalue weighted by Gasteiger charge is 2.35. The van der Waals surface area contributed by atoms with Gasteiger partial charge in [0.1, 0.15) is 17.1 Å². The summed E-state index contributed by atoms with van der Waals surface area (Å²) in [5.74, 6) is 1.42. The molecule has 1 aliphatic heterocycles. The van der Waals surface area contributed by atoms with E-state index in [-0.39, 0.29) is 17.6 Å². The molecular weight excluding hydrogens is 366 g/mol. The number of rotatable bonds is 5. The summed E-state index contributed by atoms with van der Waals surface area (Å²) in [5.41, 5.74) is 2.32. The predicted molar refractivity (Wildman–Crippen MR) is 110 cm³/mol. The Kier molecular flexibility index (Phi) is 5.01. The molecule has 6 heteroatoms. The number of nitrogens with zero attached hydrogens (tertiary/aromatic N) is 2. The third-order valence-corrected chi connectivity index (χ3v) is 5.12. The highest BCUT2D eigenvalue weighted by atomic mass is 16.5. The summed E-state index contributed by atoms with van der Waals surface area (Å²) in [4.78, 5) is 17.0. The van der Waals surface area contributed by atoms with Crippen molar-refractivity contribution in [1.29, 1.82) is 0 Å². The summed E-state index contributed by atoms with van der Waals surface area (Å²) in [7, 11) is 1.63. The van der Waals surface area contributed by atoms with Crippen molar-refractivity contribution in [2.24, 2.45) is 0 Å². The van der Waals surface area contributed by atoms with E-state index in [0.717, 1.165) is 29.2 Å². The molecule has 2 heterocycles. The Morgan fingerprint density at radius 2 is 2.07 bits per heavy atom. The van der Waals surface area contributed by atoms with Gasteiger partial charge >= 0.3 is 0 Å². The van der Waals surface area contributed by atoms with Gasteiger partial charge in [-0.1, -0.05) is 12.1 Å². The first-order chi connectivity index (χ1) is 13.9. The number of ether oxygens (including phenoxy) is 2. The van der Waals surface area contributed by atoms with E-state index < -0.39 is 0 Å². The van der Waals surface area contributed by atoms with Crippen LogP contribution in [-0.2, 0) is 6.54 Å². The highest BCUT2D eigenvalue weighted by molar-refractivity contribution is 5.94. The average Bonchev–Trinajstić information content (AvgIpc) is 3.20. The Balaban J connectivity index is 1.52. The quantitative estimate of drug-likeness (QED) is 0.715. The standard InChI is InChI=1S/C23H25N3O3/c1-23(2)13-20(19-12-18(28-3)8-9-21(19)29-23)25-22(27)17-6-4-16(5-7-17)14-26-11-10-24-15-26/h4-12,15,20H,13-14H2,1-3H3,(H,25,27)/t20-/m1/s1. The van der Waals surface area contributed by atoms with Gasteiger partial charge in [-0.25, -0.2) is 4.98 Å². The van der Waals surface area contributed by atoms with Crippen molar-refractivity contribution in [2.75, 3.05) is 7.11 Å². The van der Waals surface area contributed by atoms with Gasteiger partial charge in [0.2, 0.25) is 0 Å². The number of carbonyl (C=O) groups excluding carboxylic acids is 1. The van der Waals surface area contributed by atoms with E-state index in [1.807, 2.05) is 67.1 Å². The summed E-state index contributed by atoms with van der Waals surface area (Å²) in [6, 6.07) is 13.2. The molecule has 0 unspecified atom stereocenters. The number of imidazole rings is 1. The van der Waals surface area contributed by atoms with Crippen molar-refractivity contribution in [3.8, 4) is 11.5 Å². The first kappa shape index (κ1) is 19.1. The van der Waals surface area contributed by atoms with Crippen LogP contribution in [0.4, 0.5) is 0 Å². The van der Waals surface area contributed by atoms with Gasteiger partial charge in [-0.2, -0.15) is 0 Å². The molecule has 0 fully saturated rings. The molecule has 1 amide bonds. The minimum atomic E-state index is -0.367. The summed E-state index contributed by atoms with van der Waals surface area (Å²) < 4.78 is 13.4. The average molecular weight is 391 g/mol. The second kappa shape index (κ2) is 7.62. The van der Waals surface area contributed by atoms with Gasteiger partial charge < -0.3 is 19.4 Å². The summed E-state index contributed by atoms with van der Waals surface area (Å²) >= 11 is 0. The highest BCUT2D eigenvalue weighted by Crippen LogP contribution is 2.41. The fourth-order valence-corrected chi connectivity index (χ4v) is 3.68. The molecule has 6 nitrogen and oxygen atoms in total. The number of hydrogen-bond acceptors (Lipinski definition) is 4. The number of carbonyl (C=O) groups is 1. The van der Waals surface area contributed by atoms with Crippen molar-refractivity contribution in [3.05, 3.63) is 77.9 Å². The fourth-order valence-electron chi connectivity index (χ4n) is 3.68. The van der Waals surface area contributed by atoms with Crippen molar-refractivity contribution in [1.82, 2.24) is 14.9 Å². The Morgan fingerprint density at radius 1 is 1.28 bits per heavy atom. The number of hydrogen-bond donors (Lipinski definition) is 1. The van der Waals surface area contributed by atoms with Crippen LogP contribution in [0, 0.1) is 0 Å². The zero-order valence-corrected chi connectivity index (χ0v) is 16.9. The van der Waals surface area contributed by atoms with Crippen LogP contribution < -0.4 is 14.8 Å². The van der Waals surface area contributed by atoms with Crippen molar-refractivity contribution in [3.63, 3.8) is 0 Å². The van der Waals surface area contributed by atoms with Crippen molar-refractivity contribution in [2.45, 2.75) is 38.5 Å². The van der Waals surface area contributed by atoms with Gasteiger partial charge in [-0.05, 0) is 49.7 Å². The lowest BCUT2D eigenvalue weighted by Crippen LogP contribution is -2.41. The van der Waals surface area contributed by atoms with Crippen LogP contribution in [-0.4, -0.2) is 28.2 Å². The lowest BCUT2D eigenvalue weighted by atomic mass is 9.89. The van der Waals surface area contributed by atoms with Gasteiger partial charge in [-0.3, -0.25) is 4.79 Å². The molecule has 2 aromatic carbocycles. The molecule has 3 aromatic rings. The van der Waals surface area contributed by atoms with Gasteiger partial charge in [0, 0.05) is 36.5 Å². The van der Waals surface area contributed by atoms with E-state index in [4.69, 9.17) is 9.47 Å². The molecule has 150 valence electrons. The minimum Gasteiger partial charge on any atom is -0.497 e. The molecule has 1 aromatic heterocycles. The summed E-state index contributed by atoms with van der Waals surface area (Å²) in [5, 5.41) is 3.17. The normalized spacial score (nSPS) is 17.1. The van der Waals surface area contributed by atoms with Crippen LogP contribution >= 0.6 is 0 Å². The maximum Gasteiger partial charge on any atom is 0.251 e. The van der Waals surface area contributed by atoms with Gasteiger partial charge in [0.25, 0.3) is 5.91 Å². The van der Waals surface area contributed by atoms with Crippen LogP contribution in [0.5, 0.6) is 11.5 Å². The lowest BCUT2D eigenvalue weighted by molar-refractivity contribution is 0.0618. The Bertz CT molecular complexity index is 995. The summed E-state index contributed by atoms with van der Waals surface area (Å²) in [6.45, 7) is 4.79. The second-order valence-corrected chi connectivity index (χ2v) is 7.93. The maximum atomic E-state index is 12.9. The molecule has 1 atom stereocenters. The fraction of sp³-hybridized carbons (Fsp3) is 0.304. The molecule has 1 N–H and O–H groups in total. The zero-order chi connectivity index (χ0) is 20.4. The third-order valence-electron chi connectivity index (χ3n) is 5.12. The number of benzene rings is 2. The van der Waals surface area contributed by atoms with Gasteiger partial charge in [-0.15, -0.1) is 0 Å². The zero-order valence-electron chi connectivity index (χ0n) is 16.9. The van der Waals surface area contributed by atoms with E-state index in [1.54, 1.807) is 19.6 Å². The van der Waals surface area contributed by atoms with E-state index in [0.29, 0.717) is 12.0 Å². The molecule has 0 saturated carbocycles. The third kappa shape index (κ3) is 4.26. The predicted octanol–water partition coefficient (Wildman–Crippen LogP) is 3.97. The van der Waals surface area contributed by atoms with Gasteiger partial charge in [0.05, 0.1) is 19.5 Å². The van der Waals surface area contributed by atoms with E-state index in [1.165, 1.54) is 0 Å². The summed E-state index contributed by atoms with van der Waals surface area (Å²) in [6.07, 6.45) is 6.13. The van der Waals surface area contributed by atoms with Crippen LogP contribution in [0.15, 0.2) is 61.2 Å². The second-order valence-electron chi connectivity index (χ2n) is 7.93. The van der Waals surface area contributed by atoms with Crippen LogP contribution in [0.2, 0.25) is 0 Å². The largest absolute Gasteiger partial charge is 0.497 e. The van der Waals surface area contributed by atoms with Crippen molar-refractivity contribution >= 4 is 5.91 Å². The first-order valence-electron chi connectivity index (χ1n) is 9.66. The van der Waals surface area contributed by atoms with Crippen LogP contribution in [0.25, 0.3) is 0 Å². The molecular formula is C23H25N3O3. The lowest BCUT2D eigenvalue weighted by Gasteiger charge is -2.38. The minimum absolute atomic E-state index is 0.101. The maximum absolute atomic E-state index is 12.9. The van der Waals surface area contributed by atoms with Crippen LogP contribution in [0.3, 0.4) is 0 Å². The van der Waals surface area contributed by atoms with E-state index in [2.05, 4.69) is 10.3 Å². The number of methoxy groups -OCH3 is 1. The number of nitrogens with one attached hydrogen (secondary N) is 1. The number of aromatic nitrogens is 2. The molecule has 1 aliphatic rings. The number of amides is 1. The molecule has 0 aliphatic carbocycles. The van der Waals surface area contributed by atoms with E-state index >= 15 is 0 Å². The number of fused-ring (bicyclic) bond motifs is 1. The Morgan fingerprint density at radius 3 is 2.76 bits per heavy atom. The molecule has 0 radical (unpaired) electrons. The Labute approximate surface area is 170 Å². The topological polar surface area (TPSA) is 65.4 Å². The van der Waals surface area contributed by atoms with Gasteiger partial charge in [0.15, 0.2) is 0 Å². The molecule has 0 saturated heterocycles. The Hall–Kier alpha value is -3.28. The molecule has 29 heavy (non-hydrogen) atoms. The van der Waals surface area contributed by atoms with Crippen LogP contribution in [0.1, 0.15) is 47.8 Å². The van der Waals surface area contributed by atoms with Crippen molar-refractivity contribution < 1.29 is 14.3 Å². The molecule has 4 rings (SSSR count).